The lowest BCUT2D eigenvalue weighted by atomic mass is 10.2. The van der Waals surface area contributed by atoms with Gasteiger partial charge in [0, 0.05) is 25.1 Å². The molecule has 9 heteroatoms. The monoisotopic (exact) mass is 416 g/mol. The van der Waals surface area contributed by atoms with Gasteiger partial charge < -0.3 is 20.1 Å². The average molecular weight is 416 g/mol. The normalized spacial score (nSPS) is 12.1. The van der Waals surface area contributed by atoms with Gasteiger partial charge in [0.25, 0.3) is 5.91 Å². The molecule has 0 saturated heterocycles. The molecule has 0 atom stereocenters. The van der Waals surface area contributed by atoms with Gasteiger partial charge in [-0.25, -0.2) is 0 Å². The van der Waals surface area contributed by atoms with Crippen LogP contribution in [0.25, 0.3) is 5.65 Å². The molecule has 0 spiro atoms. The van der Waals surface area contributed by atoms with E-state index in [9.17, 15) is 4.79 Å². The van der Waals surface area contributed by atoms with Crippen LogP contribution in [0.15, 0.2) is 60.7 Å². The van der Waals surface area contributed by atoms with Gasteiger partial charge in [-0.15, -0.1) is 15.3 Å². The minimum absolute atomic E-state index is 0.117. The van der Waals surface area contributed by atoms with E-state index in [1.165, 1.54) is 0 Å². The van der Waals surface area contributed by atoms with Crippen molar-refractivity contribution in [3.8, 4) is 11.5 Å². The highest BCUT2D eigenvalue weighted by Gasteiger charge is 2.13. The Labute approximate surface area is 178 Å². The number of nitrogens with one attached hydrogen (secondary N) is 2. The number of carbonyl (C=O) groups is 1. The molecular weight excluding hydrogens is 396 g/mol. The largest absolute Gasteiger partial charge is 0.454 e. The molecule has 0 bridgehead atoms. The number of nitrogens with zero attached hydrogens (tertiary/aromatic N) is 4. The number of carbonyl (C=O) groups excluding carboxylic acids is 1. The van der Waals surface area contributed by atoms with Gasteiger partial charge in [0.2, 0.25) is 6.79 Å². The van der Waals surface area contributed by atoms with Crippen molar-refractivity contribution in [2.75, 3.05) is 18.7 Å². The van der Waals surface area contributed by atoms with Gasteiger partial charge in [0.05, 0.1) is 0 Å². The van der Waals surface area contributed by atoms with Crippen LogP contribution in [0.3, 0.4) is 0 Å². The van der Waals surface area contributed by atoms with Crippen LogP contribution in [0.1, 0.15) is 21.7 Å². The van der Waals surface area contributed by atoms with E-state index in [2.05, 4.69) is 25.9 Å². The molecule has 0 radical (unpaired) electrons. The van der Waals surface area contributed by atoms with E-state index in [-0.39, 0.29) is 12.7 Å². The third kappa shape index (κ3) is 4.11. The molecule has 2 N–H and O–H groups in total. The summed E-state index contributed by atoms with van der Waals surface area (Å²) in [5, 5.41) is 19.1. The molecule has 3 heterocycles. The summed E-state index contributed by atoms with van der Waals surface area (Å²) in [5.74, 6) is 2.77. The first-order chi connectivity index (χ1) is 15.3. The van der Waals surface area contributed by atoms with Crippen molar-refractivity contribution < 1.29 is 14.3 Å². The highest BCUT2D eigenvalue weighted by atomic mass is 16.7. The zero-order chi connectivity index (χ0) is 21.0. The number of benzene rings is 2. The fourth-order valence-corrected chi connectivity index (χ4v) is 3.31. The molecule has 1 aliphatic rings. The highest BCUT2D eigenvalue weighted by Crippen LogP contribution is 2.32. The number of hydrogen-bond acceptors (Lipinski definition) is 7. The summed E-state index contributed by atoms with van der Waals surface area (Å²) in [5.41, 5.74) is 2.33. The molecule has 0 fully saturated rings. The molecule has 1 amide bonds. The Kier molecular flexibility index (Phi) is 5.05. The Bertz CT molecular complexity index is 1220. The van der Waals surface area contributed by atoms with Crippen LogP contribution in [0.4, 0.5) is 5.82 Å². The number of aromatic nitrogens is 4. The molecule has 156 valence electrons. The molecule has 0 unspecified atom stereocenters. The first-order valence-electron chi connectivity index (χ1n) is 9.93. The van der Waals surface area contributed by atoms with Gasteiger partial charge in [-0.3, -0.25) is 4.79 Å². The van der Waals surface area contributed by atoms with Gasteiger partial charge in [-0.2, -0.15) is 4.52 Å². The zero-order valence-electron chi connectivity index (χ0n) is 16.6. The van der Waals surface area contributed by atoms with Crippen molar-refractivity contribution in [1.82, 2.24) is 25.1 Å². The molecule has 31 heavy (non-hydrogen) atoms. The fraction of sp³-hybridized carbons (Fsp3) is 0.182. The summed E-state index contributed by atoms with van der Waals surface area (Å²) < 4.78 is 12.5. The Morgan fingerprint density at radius 3 is 2.77 bits per heavy atom. The molecule has 0 saturated carbocycles. The number of amides is 1. The van der Waals surface area contributed by atoms with Crippen LogP contribution in [-0.4, -0.2) is 39.1 Å². The van der Waals surface area contributed by atoms with Crippen molar-refractivity contribution in [1.29, 1.82) is 0 Å². The SMILES string of the molecule is O=C(NCCc1nnc2ccc(NCc3ccc4c(c3)OCO4)nn12)c1ccccc1. The van der Waals surface area contributed by atoms with Crippen LogP contribution >= 0.6 is 0 Å². The third-order valence-corrected chi connectivity index (χ3v) is 4.91. The topological polar surface area (TPSA) is 103 Å². The van der Waals surface area contributed by atoms with Crippen LogP contribution in [0, 0.1) is 0 Å². The summed E-state index contributed by atoms with van der Waals surface area (Å²) in [6, 6.07) is 18.7. The molecule has 1 aliphatic heterocycles. The maximum atomic E-state index is 12.2. The predicted molar refractivity (Wildman–Crippen MR) is 113 cm³/mol. The molecule has 4 aromatic rings. The van der Waals surface area contributed by atoms with E-state index in [1.54, 1.807) is 16.6 Å². The quantitative estimate of drug-likeness (QED) is 0.477. The highest BCUT2D eigenvalue weighted by molar-refractivity contribution is 5.94. The van der Waals surface area contributed by atoms with Gasteiger partial charge in [-0.05, 0) is 42.0 Å². The van der Waals surface area contributed by atoms with Crippen LogP contribution in [0.2, 0.25) is 0 Å². The predicted octanol–water partition coefficient (Wildman–Crippen LogP) is 2.44. The number of rotatable bonds is 7. The van der Waals surface area contributed by atoms with E-state index >= 15 is 0 Å². The average Bonchev–Trinajstić information content (AvgIpc) is 3.44. The maximum absolute atomic E-state index is 12.2. The summed E-state index contributed by atoms with van der Waals surface area (Å²) in [4.78, 5) is 12.2. The van der Waals surface area contributed by atoms with Crippen molar-refractivity contribution in [2.24, 2.45) is 0 Å². The lowest BCUT2D eigenvalue weighted by Crippen LogP contribution is -2.26. The first-order valence-corrected chi connectivity index (χ1v) is 9.93. The molecule has 5 rings (SSSR count). The van der Waals surface area contributed by atoms with Crippen LogP contribution < -0.4 is 20.1 Å². The van der Waals surface area contributed by atoms with Gasteiger partial charge in [0.1, 0.15) is 5.82 Å². The maximum Gasteiger partial charge on any atom is 0.251 e. The van der Waals surface area contributed by atoms with E-state index in [1.807, 2.05) is 48.5 Å². The van der Waals surface area contributed by atoms with E-state index < -0.39 is 0 Å². The summed E-state index contributed by atoms with van der Waals surface area (Å²) in [6.45, 7) is 1.28. The summed E-state index contributed by atoms with van der Waals surface area (Å²) in [6.07, 6.45) is 0.512. The standard InChI is InChI=1S/C22H20N6O3/c29-22(16-4-2-1-3-5-16)23-11-10-21-26-25-20-9-8-19(27-28(20)21)24-13-15-6-7-17-18(12-15)31-14-30-17/h1-9,12H,10-11,13-14H2,(H,23,29)(H,24,27). The zero-order valence-corrected chi connectivity index (χ0v) is 16.6. The first kappa shape index (κ1) is 18.9. The van der Waals surface area contributed by atoms with E-state index in [0.717, 1.165) is 17.1 Å². The van der Waals surface area contributed by atoms with E-state index in [4.69, 9.17) is 9.47 Å². The smallest absolute Gasteiger partial charge is 0.251 e. The molecule has 0 aliphatic carbocycles. The number of fused-ring (bicyclic) bond motifs is 2. The number of hydrogen-bond donors (Lipinski definition) is 2. The molecule has 2 aromatic heterocycles. The lowest BCUT2D eigenvalue weighted by Gasteiger charge is -2.08. The Hall–Kier alpha value is -4.14. The Morgan fingerprint density at radius 2 is 1.87 bits per heavy atom. The minimum atomic E-state index is -0.117. The Balaban J connectivity index is 1.22. The summed E-state index contributed by atoms with van der Waals surface area (Å²) in [7, 11) is 0. The van der Waals surface area contributed by atoms with Gasteiger partial charge in [0.15, 0.2) is 23.0 Å². The van der Waals surface area contributed by atoms with Crippen LogP contribution in [-0.2, 0) is 13.0 Å². The third-order valence-electron chi connectivity index (χ3n) is 4.91. The van der Waals surface area contributed by atoms with Crippen molar-refractivity contribution >= 4 is 17.4 Å². The second kappa shape index (κ2) is 8.31. The number of anilines is 1. The minimum Gasteiger partial charge on any atom is -0.454 e. The molecule has 2 aromatic carbocycles. The van der Waals surface area contributed by atoms with E-state index in [0.29, 0.717) is 42.4 Å². The van der Waals surface area contributed by atoms with Crippen molar-refractivity contribution in [3.63, 3.8) is 0 Å². The lowest BCUT2D eigenvalue weighted by molar-refractivity contribution is 0.0954. The summed E-state index contributed by atoms with van der Waals surface area (Å²) >= 11 is 0. The van der Waals surface area contributed by atoms with Crippen molar-refractivity contribution in [2.45, 2.75) is 13.0 Å². The molecule has 9 nitrogen and oxygen atoms in total. The fourth-order valence-electron chi connectivity index (χ4n) is 3.31. The van der Waals surface area contributed by atoms with Gasteiger partial charge >= 0.3 is 0 Å². The second-order valence-electron chi connectivity index (χ2n) is 7.02. The van der Waals surface area contributed by atoms with Gasteiger partial charge in [-0.1, -0.05) is 24.3 Å². The van der Waals surface area contributed by atoms with Crippen molar-refractivity contribution in [3.05, 3.63) is 77.6 Å². The van der Waals surface area contributed by atoms with Crippen LogP contribution in [0.5, 0.6) is 11.5 Å². The second-order valence-corrected chi connectivity index (χ2v) is 7.02. The number of ether oxygens (including phenoxy) is 2. The molecular formula is C22H20N6O3. The Morgan fingerprint density at radius 1 is 1.00 bits per heavy atom.